The van der Waals surface area contributed by atoms with Crippen LogP contribution in [0.3, 0.4) is 0 Å². The van der Waals surface area contributed by atoms with Gasteiger partial charge in [-0.05, 0) is 48.0 Å². The monoisotopic (exact) mass is 480 g/mol. The number of hydrogen-bond donors (Lipinski definition) is 0. The zero-order valence-corrected chi connectivity index (χ0v) is 16.9. The predicted octanol–water partition coefficient (Wildman–Crippen LogP) is 2.87. The van der Waals surface area contributed by atoms with Crippen LogP contribution in [-0.2, 0) is 19.1 Å². The van der Waals surface area contributed by atoms with Gasteiger partial charge in [-0.1, -0.05) is 15.9 Å². The van der Waals surface area contributed by atoms with Crippen molar-refractivity contribution >= 4 is 49.6 Å². The van der Waals surface area contributed by atoms with Gasteiger partial charge >= 0.3 is 11.9 Å². The summed E-state index contributed by atoms with van der Waals surface area (Å²) in [5, 5.41) is -0.927. The van der Waals surface area contributed by atoms with E-state index in [9.17, 15) is 14.4 Å². The van der Waals surface area contributed by atoms with E-state index in [0.717, 1.165) is 0 Å². The predicted molar refractivity (Wildman–Crippen MR) is 96.7 cm³/mol. The van der Waals surface area contributed by atoms with Crippen LogP contribution in [0.4, 0.5) is 0 Å². The number of carbonyl (C=O) groups is 3. The van der Waals surface area contributed by atoms with Gasteiger partial charge < -0.3 is 18.9 Å². The van der Waals surface area contributed by atoms with Crippen LogP contribution in [-0.4, -0.2) is 47.9 Å². The van der Waals surface area contributed by atoms with Gasteiger partial charge in [0.2, 0.25) is 5.01 Å². The molecule has 1 unspecified atom stereocenters. The van der Waals surface area contributed by atoms with E-state index in [1.54, 1.807) is 13.8 Å². The Hall–Kier alpha value is -1.61. The van der Waals surface area contributed by atoms with Gasteiger partial charge in [0.1, 0.15) is 0 Å². The summed E-state index contributed by atoms with van der Waals surface area (Å²) < 4.78 is 20.5. The molecule has 0 amide bonds. The second-order valence-electron chi connectivity index (χ2n) is 4.50. The van der Waals surface area contributed by atoms with Crippen LogP contribution < -0.4 is 9.47 Å². The minimum absolute atomic E-state index is 0.133. The molecule has 0 heterocycles. The van der Waals surface area contributed by atoms with Crippen LogP contribution in [0, 0.1) is 0 Å². The molecule has 7 nitrogen and oxygen atoms in total. The molecule has 0 radical (unpaired) electrons. The van der Waals surface area contributed by atoms with E-state index in [4.69, 9.17) is 18.9 Å². The fourth-order valence-corrected chi connectivity index (χ4v) is 2.33. The second-order valence-corrected chi connectivity index (χ2v) is 5.89. The molecule has 1 aromatic rings. The number of hydrogen-bond acceptors (Lipinski definition) is 7. The van der Waals surface area contributed by atoms with Crippen LogP contribution in [0.15, 0.2) is 18.2 Å². The number of carbonyl (C=O) groups excluding carboxylic acids is 3. The van der Waals surface area contributed by atoms with Crippen molar-refractivity contribution < 1.29 is 33.3 Å². The molecule has 1 rings (SSSR count). The Labute approximate surface area is 162 Å². The highest BCUT2D eigenvalue weighted by molar-refractivity contribution is 9.10. The normalized spacial score (nSPS) is 11.4. The first kappa shape index (κ1) is 21.4. The van der Waals surface area contributed by atoms with E-state index >= 15 is 0 Å². The van der Waals surface area contributed by atoms with Crippen molar-refractivity contribution in [3.8, 4) is 11.5 Å². The number of ether oxygens (including phenoxy) is 4. The average molecular weight is 482 g/mol. The Balaban J connectivity index is 2.98. The van der Waals surface area contributed by atoms with Crippen molar-refractivity contribution in [1.82, 2.24) is 0 Å². The van der Waals surface area contributed by atoms with Crippen LogP contribution in [0.5, 0.6) is 11.5 Å². The zero-order valence-electron chi connectivity index (χ0n) is 13.8. The third kappa shape index (κ3) is 7.03. The lowest BCUT2D eigenvalue weighted by molar-refractivity contribution is -0.147. The van der Waals surface area contributed by atoms with Crippen molar-refractivity contribution in [2.45, 2.75) is 18.9 Å². The number of rotatable bonds is 10. The number of halogens is 2. The summed E-state index contributed by atoms with van der Waals surface area (Å²) in [6.07, 6.45) is 0. The van der Waals surface area contributed by atoms with Gasteiger partial charge in [0.05, 0.1) is 18.5 Å². The summed E-state index contributed by atoms with van der Waals surface area (Å²) in [6.45, 7) is 3.42. The van der Waals surface area contributed by atoms with Crippen molar-refractivity contribution in [1.29, 1.82) is 0 Å². The molecule has 0 aromatic heterocycles. The van der Waals surface area contributed by atoms with Crippen LogP contribution in [0.1, 0.15) is 24.2 Å². The molecule has 0 fully saturated rings. The Kier molecular flexibility index (Phi) is 9.51. The highest BCUT2D eigenvalue weighted by atomic mass is 79.9. The van der Waals surface area contributed by atoms with Gasteiger partial charge in [-0.25, -0.2) is 9.59 Å². The van der Waals surface area contributed by atoms with Gasteiger partial charge in [-0.15, -0.1) is 0 Å². The van der Waals surface area contributed by atoms with Crippen molar-refractivity contribution in [3.05, 3.63) is 23.8 Å². The molecular formula is C16H18Br2O7. The van der Waals surface area contributed by atoms with Crippen molar-refractivity contribution in [3.63, 3.8) is 0 Å². The molecule has 0 saturated heterocycles. The molecule has 1 aromatic carbocycles. The quantitative estimate of drug-likeness (QED) is 0.288. The van der Waals surface area contributed by atoms with Gasteiger partial charge in [0.25, 0.3) is 0 Å². The molecule has 0 saturated carbocycles. The highest BCUT2D eigenvalue weighted by Crippen LogP contribution is 2.31. The summed E-state index contributed by atoms with van der Waals surface area (Å²) in [5.41, 5.74) is 0.366. The molecule has 0 aliphatic heterocycles. The summed E-state index contributed by atoms with van der Waals surface area (Å²) >= 11 is 6.15. The number of benzene rings is 1. The smallest absolute Gasteiger partial charge is 0.358 e. The van der Waals surface area contributed by atoms with Gasteiger partial charge in [-0.3, -0.25) is 4.79 Å². The van der Waals surface area contributed by atoms with Crippen molar-refractivity contribution in [2.75, 3.05) is 25.2 Å². The molecule has 0 spiro atoms. The van der Waals surface area contributed by atoms with Crippen LogP contribution >= 0.6 is 31.9 Å². The number of esters is 2. The Bertz CT molecular complexity index is 619. The number of Topliss-reactive ketones (excluding diaryl/α,β-unsaturated/α-hetero) is 1. The maximum atomic E-state index is 11.8. The standard InChI is InChI=1S/C16H18Br2O7/c1-3-22-14(20)9-24-13-7-10(11(19)8-17)5-6-12(13)25-15(18)16(21)23-4-2/h5-7,15H,3-4,8-9H2,1-2H3. The van der Waals surface area contributed by atoms with E-state index in [2.05, 4.69) is 31.9 Å². The largest absolute Gasteiger partial charge is 0.478 e. The molecule has 0 N–H and O–H groups in total. The molecule has 0 bridgehead atoms. The summed E-state index contributed by atoms with van der Waals surface area (Å²) in [5.74, 6) is -1.04. The van der Waals surface area contributed by atoms with Gasteiger partial charge in [0.15, 0.2) is 23.9 Å². The Morgan fingerprint density at radius 2 is 1.76 bits per heavy atom. The summed E-state index contributed by atoms with van der Waals surface area (Å²) in [7, 11) is 0. The lowest BCUT2D eigenvalue weighted by Crippen LogP contribution is -2.24. The maximum Gasteiger partial charge on any atom is 0.358 e. The van der Waals surface area contributed by atoms with E-state index in [0.29, 0.717) is 5.56 Å². The average Bonchev–Trinajstić information content (AvgIpc) is 2.60. The number of ketones is 1. The fourth-order valence-electron chi connectivity index (χ4n) is 1.68. The van der Waals surface area contributed by atoms with Crippen molar-refractivity contribution in [2.24, 2.45) is 0 Å². The van der Waals surface area contributed by atoms with Gasteiger partial charge in [-0.2, -0.15) is 0 Å². The van der Waals surface area contributed by atoms with Crippen LogP contribution in [0.25, 0.3) is 0 Å². The van der Waals surface area contributed by atoms with Gasteiger partial charge in [0, 0.05) is 5.56 Å². The first-order chi connectivity index (χ1) is 11.9. The molecule has 138 valence electrons. The first-order valence-corrected chi connectivity index (χ1v) is 9.45. The molecule has 9 heteroatoms. The molecule has 0 aliphatic rings. The summed E-state index contributed by atoms with van der Waals surface area (Å²) in [6, 6.07) is 4.44. The third-order valence-electron chi connectivity index (χ3n) is 2.74. The minimum Gasteiger partial charge on any atom is -0.478 e. The van der Waals surface area contributed by atoms with E-state index in [-0.39, 0.29) is 42.4 Å². The Morgan fingerprint density at radius 3 is 2.36 bits per heavy atom. The Morgan fingerprint density at radius 1 is 1.08 bits per heavy atom. The molecular weight excluding hydrogens is 464 g/mol. The van der Waals surface area contributed by atoms with E-state index < -0.39 is 17.0 Å². The molecule has 25 heavy (non-hydrogen) atoms. The molecule has 0 aliphatic carbocycles. The maximum absolute atomic E-state index is 11.8. The molecule has 1 atom stereocenters. The lowest BCUT2D eigenvalue weighted by atomic mass is 10.1. The zero-order chi connectivity index (χ0) is 18.8. The van der Waals surface area contributed by atoms with E-state index in [1.807, 2.05) is 0 Å². The summed E-state index contributed by atoms with van der Waals surface area (Å²) in [4.78, 5) is 34.9. The number of alkyl halides is 2. The topological polar surface area (TPSA) is 88.1 Å². The minimum atomic E-state index is -1.06. The fraction of sp³-hybridized carbons (Fsp3) is 0.438. The highest BCUT2D eigenvalue weighted by Gasteiger charge is 2.21. The second kappa shape index (κ2) is 11.1. The third-order valence-corrected chi connectivity index (χ3v) is 3.81. The SMILES string of the molecule is CCOC(=O)COc1cc(C(=O)CBr)ccc1OC(Br)C(=O)OCC. The lowest BCUT2D eigenvalue weighted by Gasteiger charge is -2.16. The van der Waals surface area contributed by atoms with Crippen LogP contribution in [0.2, 0.25) is 0 Å². The first-order valence-electron chi connectivity index (χ1n) is 7.41. The van der Waals surface area contributed by atoms with E-state index in [1.165, 1.54) is 18.2 Å².